The number of rotatable bonds is 9. The second kappa shape index (κ2) is 12.6. The molecular weight excluding hydrogens is 558 g/mol. The van der Waals surface area contributed by atoms with E-state index in [1.807, 2.05) is 17.0 Å². The van der Waals surface area contributed by atoms with E-state index in [9.17, 15) is 14.4 Å². The van der Waals surface area contributed by atoms with Gasteiger partial charge in [-0.25, -0.2) is 9.79 Å². The molecule has 0 bridgehead atoms. The zero-order valence-corrected chi connectivity index (χ0v) is 24.9. The third-order valence-electron chi connectivity index (χ3n) is 7.24. The Morgan fingerprint density at radius 1 is 1.05 bits per heavy atom. The van der Waals surface area contributed by atoms with E-state index in [4.69, 9.17) is 18.9 Å². The molecule has 1 saturated heterocycles. The van der Waals surface area contributed by atoms with E-state index in [2.05, 4.69) is 4.99 Å². The lowest BCUT2D eigenvalue weighted by Crippen LogP contribution is -2.39. The minimum Gasteiger partial charge on any atom is -0.493 e. The summed E-state index contributed by atoms with van der Waals surface area (Å²) in [5.74, 6) is 1.02. The van der Waals surface area contributed by atoms with E-state index < -0.39 is 12.0 Å². The highest BCUT2D eigenvalue weighted by molar-refractivity contribution is 7.07. The van der Waals surface area contributed by atoms with Gasteiger partial charge in [0, 0.05) is 13.1 Å². The SMILES string of the molecule is CCOC(=O)C1=C(C)N=c2s/c(=C/c3ccc(OCC(=O)N4CCCC4)cc3)c(=O)n2[C@@H]1c1ccc(OC)c(OC)c1. The third kappa shape index (κ3) is 5.82. The molecule has 0 unspecified atom stereocenters. The Hall–Kier alpha value is -4.38. The summed E-state index contributed by atoms with van der Waals surface area (Å²) in [6.07, 6.45) is 3.84. The monoisotopic (exact) mass is 591 g/mol. The summed E-state index contributed by atoms with van der Waals surface area (Å²) in [4.78, 5) is 46.2. The summed E-state index contributed by atoms with van der Waals surface area (Å²) in [7, 11) is 3.07. The van der Waals surface area contributed by atoms with E-state index in [0.717, 1.165) is 31.5 Å². The van der Waals surface area contributed by atoms with Gasteiger partial charge in [-0.05, 0) is 68.2 Å². The van der Waals surface area contributed by atoms with Crippen LogP contribution in [0.25, 0.3) is 6.08 Å². The predicted molar refractivity (Wildman–Crippen MR) is 158 cm³/mol. The van der Waals surface area contributed by atoms with Crippen LogP contribution in [0.15, 0.2) is 63.5 Å². The quantitative estimate of drug-likeness (QED) is 0.352. The van der Waals surface area contributed by atoms with Crippen molar-refractivity contribution in [3.63, 3.8) is 0 Å². The number of amides is 1. The smallest absolute Gasteiger partial charge is 0.338 e. The molecule has 10 nitrogen and oxygen atoms in total. The fourth-order valence-corrected chi connectivity index (χ4v) is 6.19. The summed E-state index contributed by atoms with van der Waals surface area (Å²) in [5.41, 5.74) is 1.91. The van der Waals surface area contributed by atoms with E-state index in [-0.39, 0.29) is 30.3 Å². The molecule has 0 N–H and O–H groups in total. The Labute approximate surface area is 247 Å². The van der Waals surface area contributed by atoms with Crippen molar-refractivity contribution in [2.45, 2.75) is 32.7 Å². The minimum absolute atomic E-state index is 0.00373. The first-order valence-electron chi connectivity index (χ1n) is 13.8. The van der Waals surface area contributed by atoms with Crippen LogP contribution in [-0.4, -0.2) is 61.9 Å². The number of nitrogens with zero attached hydrogens (tertiary/aromatic N) is 3. The normalized spacial score (nSPS) is 16.6. The molecule has 2 aromatic carbocycles. The maximum Gasteiger partial charge on any atom is 0.338 e. The standard InChI is InChI=1S/C31H33N3O7S/c1-5-40-30(37)27-19(2)32-31-34(28(27)21-10-13-23(38-3)24(17-21)39-4)29(36)25(42-31)16-20-8-11-22(12-9-20)41-18-26(35)33-14-6-7-15-33/h8-13,16-17,28H,5-7,14-15,18H2,1-4H3/b25-16+/t28-/m1/s1. The number of thiazole rings is 1. The summed E-state index contributed by atoms with van der Waals surface area (Å²) in [5, 5.41) is 0. The van der Waals surface area contributed by atoms with Gasteiger partial charge in [-0.3, -0.25) is 14.2 Å². The highest BCUT2D eigenvalue weighted by atomic mass is 32.1. The minimum atomic E-state index is -0.772. The lowest BCUT2D eigenvalue weighted by molar-refractivity contribution is -0.139. The first kappa shape index (κ1) is 29.1. The Morgan fingerprint density at radius 2 is 1.76 bits per heavy atom. The first-order chi connectivity index (χ1) is 20.3. The zero-order valence-electron chi connectivity index (χ0n) is 24.0. The number of methoxy groups -OCH3 is 2. The molecular formula is C31H33N3O7S. The average Bonchev–Trinajstić information content (AvgIpc) is 3.64. The van der Waals surface area contributed by atoms with Gasteiger partial charge in [-0.1, -0.05) is 29.5 Å². The van der Waals surface area contributed by atoms with Gasteiger partial charge >= 0.3 is 5.97 Å². The number of ether oxygens (including phenoxy) is 4. The van der Waals surface area contributed by atoms with Gasteiger partial charge in [0.25, 0.3) is 11.5 Å². The number of esters is 1. The molecule has 3 aromatic rings. The molecule has 2 aliphatic heterocycles. The number of likely N-dealkylation sites (tertiary alicyclic amines) is 1. The Morgan fingerprint density at radius 3 is 2.43 bits per heavy atom. The summed E-state index contributed by atoms with van der Waals surface area (Å²) >= 11 is 1.24. The molecule has 0 aliphatic carbocycles. The first-order valence-corrected chi connectivity index (χ1v) is 14.6. The highest BCUT2D eigenvalue weighted by Crippen LogP contribution is 2.36. The molecule has 0 radical (unpaired) electrons. The van der Waals surface area contributed by atoms with E-state index in [1.54, 1.807) is 57.4 Å². The maximum atomic E-state index is 13.9. The van der Waals surface area contributed by atoms with Gasteiger partial charge in [-0.2, -0.15) is 0 Å². The molecule has 1 amide bonds. The number of hydrogen-bond donors (Lipinski definition) is 0. The van der Waals surface area contributed by atoms with E-state index >= 15 is 0 Å². The molecule has 42 heavy (non-hydrogen) atoms. The van der Waals surface area contributed by atoms with Gasteiger partial charge in [0.2, 0.25) is 0 Å². The molecule has 0 spiro atoms. The van der Waals surface area contributed by atoms with Gasteiger partial charge in [-0.15, -0.1) is 0 Å². The molecule has 1 atom stereocenters. The lowest BCUT2D eigenvalue weighted by Gasteiger charge is -2.25. The van der Waals surface area contributed by atoms with Crippen molar-refractivity contribution in [2.75, 3.05) is 40.5 Å². The van der Waals surface area contributed by atoms with Gasteiger partial charge in [0.15, 0.2) is 22.9 Å². The zero-order chi connectivity index (χ0) is 29.8. The molecule has 3 heterocycles. The van der Waals surface area contributed by atoms with Crippen LogP contribution >= 0.6 is 11.3 Å². The number of allylic oxidation sites excluding steroid dienone is 1. The largest absolute Gasteiger partial charge is 0.493 e. The summed E-state index contributed by atoms with van der Waals surface area (Å²) < 4.78 is 23.9. The predicted octanol–water partition coefficient (Wildman–Crippen LogP) is 2.82. The Kier molecular flexibility index (Phi) is 8.77. The second-order valence-electron chi connectivity index (χ2n) is 9.86. The van der Waals surface area contributed by atoms with E-state index in [0.29, 0.717) is 37.8 Å². The number of aromatic nitrogens is 1. The number of hydrogen-bond acceptors (Lipinski definition) is 9. The van der Waals surface area contributed by atoms with Crippen molar-refractivity contribution < 1.29 is 28.5 Å². The van der Waals surface area contributed by atoms with Crippen LogP contribution in [0.4, 0.5) is 0 Å². The number of fused-ring (bicyclic) bond motifs is 1. The van der Waals surface area contributed by atoms with Crippen molar-refractivity contribution in [2.24, 2.45) is 4.99 Å². The lowest BCUT2D eigenvalue weighted by atomic mass is 9.95. The van der Waals surface area contributed by atoms with Gasteiger partial charge in [0.05, 0.1) is 42.7 Å². The molecule has 2 aliphatic rings. The van der Waals surface area contributed by atoms with Crippen LogP contribution < -0.4 is 29.1 Å². The van der Waals surface area contributed by atoms with Crippen molar-refractivity contribution >= 4 is 29.3 Å². The van der Waals surface area contributed by atoms with Gasteiger partial charge < -0.3 is 23.8 Å². The van der Waals surface area contributed by atoms with Crippen LogP contribution in [0, 0.1) is 0 Å². The van der Waals surface area contributed by atoms with Crippen LogP contribution in [0.2, 0.25) is 0 Å². The number of carbonyl (C=O) groups excluding carboxylic acids is 2. The number of benzene rings is 2. The van der Waals surface area contributed by atoms with Gasteiger partial charge in [0.1, 0.15) is 5.75 Å². The molecule has 5 rings (SSSR count). The highest BCUT2D eigenvalue weighted by Gasteiger charge is 2.34. The summed E-state index contributed by atoms with van der Waals surface area (Å²) in [6.45, 7) is 5.22. The summed E-state index contributed by atoms with van der Waals surface area (Å²) in [6, 6.07) is 11.7. The molecule has 220 valence electrons. The Bertz CT molecular complexity index is 1700. The molecule has 1 aromatic heterocycles. The van der Waals surface area contributed by atoms with E-state index in [1.165, 1.54) is 23.0 Å². The van der Waals surface area contributed by atoms with Crippen LogP contribution in [0.5, 0.6) is 17.2 Å². The van der Waals surface area contributed by atoms with Crippen LogP contribution in [-0.2, 0) is 14.3 Å². The van der Waals surface area contributed by atoms with Crippen molar-refractivity contribution in [3.8, 4) is 17.2 Å². The average molecular weight is 592 g/mol. The number of carbonyl (C=O) groups is 2. The molecule has 1 fully saturated rings. The molecule has 11 heteroatoms. The van der Waals surface area contributed by atoms with Crippen molar-refractivity contribution in [3.05, 3.63) is 84.5 Å². The fraction of sp³-hybridized carbons (Fsp3) is 0.355. The van der Waals surface area contributed by atoms with Crippen molar-refractivity contribution in [1.82, 2.24) is 9.47 Å². The third-order valence-corrected chi connectivity index (χ3v) is 8.22. The van der Waals surface area contributed by atoms with Crippen molar-refractivity contribution in [1.29, 1.82) is 0 Å². The molecule has 0 saturated carbocycles. The topological polar surface area (TPSA) is 109 Å². The fourth-order valence-electron chi connectivity index (χ4n) is 5.14. The second-order valence-corrected chi connectivity index (χ2v) is 10.9. The van der Waals surface area contributed by atoms with Crippen LogP contribution in [0.3, 0.4) is 0 Å². The van der Waals surface area contributed by atoms with Crippen LogP contribution in [0.1, 0.15) is 43.9 Å². The maximum absolute atomic E-state index is 13.9. The Balaban J connectivity index is 1.49.